The maximum atomic E-state index is 10.1. The number of rotatable bonds is 10. The van der Waals surface area contributed by atoms with Gasteiger partial charge in [0.15, 0.2) is 17.5 Å². The zero-order chi connectivity index (χ0) is 57.7. The summed E-state index contributed by atoms with van der Waals surface area (Å²) in [5.74, 6) is 1.32. The van der Waals surface area contributed by atoms with E-state index in [2.05, 4.69) is 203 Å². The Balaban J connectivity index is 1.02. The summed E-state index contributed by atoms with van der Waals surface area (Å²) in [7, 11) is 0. The summed E-state index contributed by atoms with van der Waals surface area (Å²) in [4.78, 5) is 16.7. The summed E-state index contributed by atoms with van der Waals surface area (Å²) in [5, 5.41) is 34.6. The van der Waals surface area contributed by atoms with Gasteiger partial charge in [0, 0.05) is 38.2 Å². The van der Waals surface area contributed by atoms with Crippen LogP contribution in [0.1, 0.15) is 16.7 Å². The Kier molecular flexibility index (Phi) is 12.5. The molecule has 0 bridgehead atoms. The average molecular weight is 1100 g/mol. The largest absolute Gasteiger partial charge is 0.308 e. The highest BCUT2D eigenvalue weighted by Gasteiger charge is 2.24. The van der Waals surface area contributed by atoms with Gasteiger partial charge in [0.25, 0.3) is 0 Å². The summed E-state index contributed by atoms with van der Waals surface area (Å²) < 4.78 is 4.63. The first-order chi connectivity index (χ1) is 42.5. The van der Waals surface area contributed by atoms with E-state index in [1.54, 1.807) is 0 Å². The fourth-order valence-electron chi connectivity index (χ4n) is 12.1. The molecule has 12 aromatic carbocycles. The van der Waals surface area contributed by atoms with Crippen LogP contribution in [0.4, 0.5) is 0 Å². The van der Waals surface area contributed by atoms with E-state index in [-0.39, 0.29) is 0 Å². The molecule has 3 aromatic heterocycles. The summed E-state index contributed by atoms with van der Waals surface area (Å²) in [6.07, 6.45) is 0. The number of hydrogen-bond acceptors (Lipinski definition) is 6. The quantitative estimate of drug-likeness (QED) is 0.135. The lowest BCUT2D eigenvalue weighted by Gasteiger charge is -2.18. The third kappa shape index (κ3) is 8.99. The molecule has 0 aliphatic rings. The van der Waals surface area contributed by atoms with Crippen LogP contribution in [0, 0.1) is 34.0 Å². The van der Waals surface area contributed by atoms with Crippen LogP contribution in [0.5, 0.6) is 0 Å². The highest BCUT2D eigenvalue weighted by atomic mass is 15.1. The van der Waals surface area contributed by atoms with Gasteiger partial charge in [-0.2, -0.15) is 15.8 Å². The summed E-state index contributed by atoms with van der Waals surface area (Å²) in [6.45, 7) is 0. The standard InChI is InChI=1S/C78H46N8/c79-47-50-15-11-22-55(39-50)58-25-14-26-63(42-58)76-82-77(66-35-31-61(56-23-12-16-51(40-56)48-80)45-74(66)85-70-29-9-7-27-64(70)68-43-59(33-37-72(68)85)53-18-3-1-4-19-53)84-78(83-76)67-36-32-62(57-24-13-17-52(41-57)49-81)46-75(67)86-71-30-10-8-28-65(71)69-44-60(34-38-73(69)86)54-20-5-2-6-21-54/h1-46H. The lowest BCUT2D eigenvalue weighted by molar-refractivity contribution is 1.06. The molecule has 0 saturated carbocycles. The Morgan fingerprint density at radius 3 is 1.00 bits per heavy atom. The monoisotopic (exact) mass is 1090 g/mol. The Labute approximate surface area is 495 Å². The van der Waals surface area contributed by atoms with Gasteiger partial charge in [0.2, 0.25) is 0 Å². The van der Waals surface area contributed by atoms with Crippen molar-refractivity contribution in [3.05, 3.63) is 296 Å². The molecule has 0 saturated heterocycles. The first-order valence-corrected chi connectivity index (χ1v) is 28.3. The third-order valence-electron chi connectivity index (χ3n) is 16.2. The second-order valence-corrected chi connectivity index (χ2v) is 21.3. The van der Waals surface area contributed by atoms with Crippen LogP contribution in [0.15, 0.2) is 279 Å². The summed E-state index contributed by atoms with van der Waals surface area (Å²) in [5.41, 5.74) is 19.5. The van der Waals surface area contributed by atoms with E-state index in [0.29, 0.717) is 34.2 Å². The van der Waals surface area contributed by atoms with E-state index in [9.17, 15) is 15.8 Å². The Hall–Kier alpha value is -12.3. The van der Waals surface area contributed by atoms with Crippen molar-refractivity contribution in [1.82, 2.24) is 24.1 Å². The molecule has 0 atom stereocenters. The minimum Gasteiger partial charge on any atom is -0.308 e. The molecular formula is C78H46N8. The van der Waals surface area contributed by atoms with Crippen LogP contribution in [0.2, 0.25) is 0 Å². The lowest BCUT2D eigenvalue weighted by atomic mass is 9.99. The van der Waals surface area contributed by atoms with Gasteiger partial charge in [-0.05, 0) is 159 Å². The van der Waals surface area contributed by atoms with Crippen molar-refractivity contribution >= 4 is 43.6 Å². The van der Waals surface area contributed by atoms with Gasteiger partial charge in [-0.15, -0.1) is 0 Å². The Bertz CT molecular complexity index is 5060. The molecular weight excluding hydrogens is 1050 g/mol. The van der Waals surface area contributed by atoms with Gasteiger partial charge < -0.3 is 9.13 Å². The molecule has 0 N–H and O–H groups in total. The fourth-order valence-corrected chi connectivity index (χ4v) is 12.1. The molecule has 398 valence electrons. The molecule has 8 heteroatoms. The highest BCUT2D eigenvalue weighted by Crippen LogP contribution is 2.43. The topological polar surface area (TPSA) is 120 Å². The summed E-state index contributed by atoms with van der Waals surface area (Å²) in [6, 6.07) is 102. The molecule has 0 spiro atoms. The number of benzene rings is 12. The van der Waals surface area contributed by atoms with Crippen LogP contribution in [-0.4, -0.2) is 24.1 Å². The van der Waals surface area contributed by atoms with Crippen molar-refractivity contribution in [3.63, 3.8) is 0 Å². The number of para-hydroxylation sites is 2. The molecule has 0 unspecified atom stereocenters. The van der Waals surface area contributed by atoms with E-state index in [4.69, 9.17) is 15.0 Å². The van der Waals surface area contributed by atoms with Crippen molar-refractivity contribution in [1.29, 1.82) is 15.8 Å². The van der Waals surface area contributed by atoms with Crippen LogP contribution >= 0.6 is 0 Å². The van der Waals surface area contributed by atoms with Crippen molar-refractivity contribution < 1.29 is 0 Å². The zero-order valence-corrected chi connectivity index (χ0v) is 46.1. The van der Waals surface area contributed by atoms with Crippen molar-refractivity contribution in [3.8, 4) is 119 Å². The number of fused-ring (bicyclic) bond motifs is 6. The minimum atomic E-state index is 0.438. The molecule has 0 aliphatic carbocycles. The maximum Gasteiger partial charge on any atom is 0.166 e. The van der Waals surface area contributed by atoms with E-state index in [1.807, 2.05) is 103 Å². The van der Waals surface area contributed by atoms with E-state index >= 15 is 0 Å². The van der Waals surface area contributed by atoms with E-state index in [1.165, 1.54) is 0 Å². The maximum absolute atomic E-state index is 10.1. The average Bonchev–Trinajstić information content (AvgIpc) is 1.91. The third-order valence-corrected chi connectivity index (χ3v) is 16.2. The van der Waals surface area contributed by atoms with Gasteiger partial charge in [0.05, 0.1) is 68.3 Å². The molecule has 15 aromatic rings. The van der Waals surface area contributed by atoms with Crippen molar-refractivity contribution in [2.24, 2.45) is 0 Å². The predicted molar refractivity (Wildman–Crippen MR) is 346 cm³/mol. The molecule has 0 fully saturated rings. The molecule has 86 heavy (non-hydrogen) atoms. The smallest absolute Gasteiger partial charge is 0.166 e. The van der Waals surface area contributed by atoms with E-state index in [0.717, 1.165) is 127 Å². The lowest BCUT2D eigenvalue weighted by Crippen LogP contribution is -2.06. The van der Waals surface area contributed by atoms with Crippen molar-refractivity contribution in [2.75, 3.05) is 0 Å². The second-order valence-electron chi connectivity index (χ2n) is 21.3. The minimum absolute atomic E-state index is 0.438. The normalized spacial score (nSPS) is 11.2. The molecule has 0 amide bonds. The van der Waals surface area contributed by atoms with Crippen LogP contribution in [0.3, 0.4) is 0 Å². The molecule has 0 aliphatic heterocycles. The van der Waals surface area contributed by atoms with Gasteiger partial charge in [-0.25, -0.2) is 15.0 Å². The SMILES string of the molecule is N#Cc1cccc(-c2cccc(-c3nc(-c4ccc(-c5cccc(C#N)c5)cc4-n4c5ccccc5c5cc(-c6ccccc6)ccc54)nc(-c4ccc(-c5cccc(C#N)c5)cc4-n4c5ccccc5c5cc(-c6ccccc6)ccc54)n3)c2)c1. The number of hydrogen-bond donors (Lipinski definition) is 0. The molecule has 0 radical (unpaired) electrons. The van der Waals surface area contributed by atoms with Gasteiger partial charge in [-0.1, -0.05) is 176 Å². The first-order valence-electron chi connectivity index (χ1n) is 28.3. The number of aromatic nitrogens is 5. The number of nitrogens with zero attached hydrogens (tertiary/aromatic N) is 8. The summed E-state index contributed by atoms with van der Waals surface area (Å²) >= 11 is 0. The van der Waals surface area contributed by atoms with E-state index < -0.39 is 0 Å². The van der Waals surface area contributed by atoms with Crippen molar-refractivity contribution in [2.45, 2.75) is 0 Å². The highest BCUT2D eigenvalue weighted by molar-refractivity contribution is 6.12. The predicted octanol–water partition coefficient (Wildman–Crippen LogP) is 19.0. The Morgan fingerprint density at radius 2 is 0.558 bits per heavy atom. The fraction of sp³-hybridized carbons (Fsp3) is 0. The second kappa shape index (κ2) is 21.2. The van der Waals surface area contributed by atoms with Crippen LogP contribution < -0.4 is 0 Å². The van der Waals surface area contributed by atoms with Crippen LogP contribution in [0.25, 0.3) is 145 Å². The van der Waals surface area contributed by atoms with Gasteiger partial charge >= 0.3 is 0 Å². The molecule has 8 nitrogen and oxygen atoms in total. The van der Waals surface area contributed by atoms with Crippen LogP contribution in [-0.2, 0) is 0 Å². The first kappa shape index (κ1) is 50.7. The molecule has 3 heterocycles. The van der Waals surface area contributed by atoms with Gasteiger partial charge in [-0.3, -0.25) is 0 Å². The van der Waals surface area contributed by atoms with Gasteiger partial charge in [0.1, 0.15) is 0 Å². The zero-order valence-electron chi connectivity index (χ0n) is 46.1. The molecule has 15 rings (SSSR count). The Morgan fingerprint density at radius 1 is 0.233 bits per heavy atom. The number of nitriles is 3.